The van der Waals surface area contributed by atoms with Crippen LogP contribution in [-0.2, 0) is 11.3 Å². The molecule has 2 rings (SSSR count). The number of halogens is 1. The average molecular weight is 258 g/mol. The minimum Gasteiger partial charge on any atom is -0.465 e. The zero-order valence-corrected chi connectivity index (χ0v) is 10.3. The first-order valence-corrected chi connectivity index (χ1v) is 5.57. The van der Waals surface area contributed by atoms with E-state index in [0.29, 0.717) is 17.8 Å². The maximum atomic E-state index is 13.7. The van der Waals surface area contributed by atoms with Crippen LogP contribution in [0.2, 0.25) is 0 Å². The van der Waals surface area contributed by atoms with E-state index in [1.54, 1.807) is 29.0 Å². The average Bonchev–Trinajstić information content (AvgIpc) is 2.85. The van der Waals surface area contributed by atoms with Crippen LogP contribution < -0.4 is 0 Å². The summed E-state index contributed by atoms with van der Waals surface area (Å²) in [6.45, 7) is 0.369. The quantitative estimate of drug-likeness (QED) is 0.794. The van der Waals surface area contributed by atoms with Crippen LogP contribution in [0.15, 0.2) is 36.5 Å². The standard InChI is InChI=1S/C14H11FN2O2/c1-19-14(18)12-5-4-10(7-13(12)15)9-17-6-2-3-11(17)8-16/h2-7H,9H2,1H3. The molecule has 0 aliphatic heterocycles. The van der Waals surface area contributed by atoms with E-state index < -0.39 is 11.8 Å². The summed E-state index contributed by atoms with van der Waals surface area (Å²) in [6.07, 6.45) is 1.74. The Morgan fingerprint density at radius 3 is 2.89 bits per heavy atom. The molecule has 0 amide bonds. The molecule has 0 spiro atoms. The SMILES string of the molecule is COC(=O)c1ccc(Cn2cccc2C#N)cc1F. The highest BCUT2D eigenvalue weighted by atomic mass is 19.1. The first-order chi connectivity index (χ1) is 9.15. The summed E-state index contributed by atoms with van der Waals surface area (Å²) in [5.41, 5.74) is 1.06. The number of hydrogen-bond donors (Lipinski definition) is 0. The molecule has 2 aromatic rings. The van der Waals surface area contributed by atoms with Crippen molar-refractivity contribution in [3.63, 3.8) is 0 Å². The summed E-state index contributed by atoms with van der Waals surface area (Å²) >= 11 is 0. The van der Waals surface area contributed by atoms with Crippen LogP contribution in [-0.4, -0.2) is 17.6 Å². The van der Waals surface area contributed by atoms with Crippen molar-refractivity contribution in [1.29, 1.82) is 5.26 Å². The third-order valence-corrected chi connectivity index (χ3v) is 2.74. The molecule has 5 heteroatoms. The van der Waals surface area contributed by atoms with Crippen molar-refractivity contribution in [2.45, 2.75) is 6.54 Å². The first kappa shape index (κ1) is 12.8. The summed E-state index contributed by atoms with van der Waals surface area (Å²) in [6, 6.07) is 9.76. The Bertz CT molecular complexity index is 656. The van der Waals surface area contributed by atoms with E-state index >= 15 is 0 Å². The van der Waals surface area contributed by atoms with Crippen LogP contribution in [0.3, 0.4) is 0 Å². The molecule has 1 heterocycles. The number of benzene rings is 1. The molecule has 19 heavy (non-hydrogen) atoms. The van der Waals surface area contributed by atoms with Crippen LogP contribution in [0.25, 0.3) is 0 Å². The molecule has 0 aliphatic carbocycles. The predicted molar refractivity (Wildman–Crippen MR) is 66.0 cm³/mol. The number of aromatic nitrogens is 1. The number of carbonyl (C=O) groups is 1. The largest absolute Gasteiger partial charge is 0.465 e. The zero-order valence-electron chi connectivity index (χ0n) is 10.3. The molecule has 0 unspecified atom stereocenters. The van der Waals surface area contributed by atoms with Crippen molar-refractivity contribution >= 4 is 5.97 Å². The Balaban J connectivity index is 2.26. The highest BCUT2D eigenvalue weighted by Crippen LogP contribution is 2.14. The summed E-state index contributed by atoms with van der Waals surface area (Å²) in [5, 5.41) is 8.88. The molecule has 0 saturated heterocycles. The number of ether oxygens (including phenoxy) is 1. The number of nitriles is 1. The Hall–Kier alpha value is -2.61. The lowest BCUT2D eigenvalue weighted by molar-refractivity contribution is 0.0595. The number of carbonyl (C=O) groups excluding carboxylic acids is 1. The monoisotopic (exact) mass is 258 g/mol. The second kappa shape index (κ2) is 5.36. The van der Waals surface area contributed by atoms with Gasteiger partial charge < -0.3 is 9.30 Å². The normalized spacial score (nSPS) is 9.95. The number of hydrogen-bond acceptors (Lipinski definition) is 3. The van der Waals surface area contributed by atoms with Crippen molar-refractivity contribution < 1.29 is 13.9 Å². The van der Waals surface area contributed by atoms with Gasteiger partial charge in [-0.1, -0.05) is 6.07 Å². The number of methoxy groups -OCH3 is 1. The van der Waals surface area contributed by atoms with E-state index in [2.05, 4.69) is 4.74 Å². The second-order valence-corrected chi connectivity index (χ2v) is 3.94. The van der Waals surface area contributed by atoms with Crippen LogP contribution in [0, 0.1) is 17.1 Å². The number of esters is 1. The smallest absolute Gasteiger partial charge is 0.340 e. The molecule has 0 aliphatic rings. The van der Waals surface area contributed by atoms with Gasteiger partial charge in [-0.15, -0.1) is 0 Å². The van der Waals surface area contributed by atoms with Gasteiger partial charge in [-0.3, -0.25) is 0 Å². The molecule has 96 valence electrons. The Labute approximate surface area is 109 Å². The Morgan fingerprint density at radius 1 is 1.47 bits per heavy atom. The van der Waals surface area contributed by atoms with Gasteiger partial charge in [-0.2, -0.15) is 5.26 Å². The van der Waals surface area contributed by atoms with Gasteiger partial charge in [0.25, 0.3) is 0 Å². The highest BCUT2D eigenvalue weighted by Gasteiger charge is 2.12. The van der Waals surface area contributed by atoms with Crippen molar-refractivity contribution in [2.24, 2.45) is 0 Å². The van der Waals surface area contributed by atoms with Gasteiger partial charge in [-0.05, 0) is 29.8 Å². The van der Waals surface area contributed by atoms with Crippen LogP contribution in [0.5, 0.6) is 0 Å². The summed E-state index contributed by atoms with van der Waals surface area (Å²) < 4.78 is 19.9. The lowest BCUT2D eigenvalue weighted by atomic mass is 10.1. The fraction of sp³-hybridized carbons (Fsp3) is 0.143. The molecule has 0 radical (unpaired) electrons. The van der Waals surface area contributed by atoms with Gasteiger partial charge in [0.1, 0.15) is 17.6 Å². The number of rotatable bonds is 3. The molecule has 0 fully saturated rings. The van der Waals surface area contributed by atoms with Crippen molar-refractivity contribution in [1.82, 2.24) is 4.57 Å². The van der Waals surface area contributed by atoms with Gasteiger partial charge in [-0.25, -0.2) is 9.18 Å². The molecular weight excluding hydrogens is 247 g/mol. The van der Waals surface area contributed by atoms with Gasteiger partial charge >= 0.3 is 5.97 Å². The maximum Gasteiger partial charge on any atom is 0.340 e. The molecule has 4 nitrogen and oxygen atoms in total. The molecule has 0 atom stereocenters. The minimum atomic E-state index is -0.706. The Morgan fingerprint density at radius 2 is 2.26 bits per heavy atom. The summed E-state index contributed by atoms with van der Waals surface area (Å²) in [5.74, 6) is -1.34. The Kier molecular flexibility index (Phi) is 3.62. The van der Waals surface area contributed by atoms with Gasteiger partial charge in [0.2, 0.25) is 0 Å². The topological polar surface area (TPSA) is 55.0 Å². The van der Waals surface area contributed by atoms with Crippen molar-refractivity contribution in [2.75, 3.05) is 7.11 Å². The van der Waals surface area contributed by atoms with E-state index in [0.717, 1.165) is 0 Å². The van der Waals surface area contributed by atoms with Gasteiger partial charge in [0.15, 0.2) is 0 Å². The summed E-state index contributed by atoms with van der Waals surface area (Å²) in [7, 11) is 1.20. The van der Waals surface area contributed by atoms with E-state index in [4.69, 9.17) is 5.26 Å². The van der Waals surface area contributed by atoms with Crippen LogP contribution in [0.4, 0.5) is 4.39 Å². The summed E-state index contributed by atoms with van der Waals surface area (Å²) in [4.78, 5) is 11.3. The van der Waals surface area contributed by atoms with Crippen LogP contribution in [0.1, 0.15) is 21.6 Å². The van der Waals surface area contributed by atoms with E-state index in [1.165, 1.54) is 19.2 Å². The molecule has 0 saturated carbocycles. The molecular formula is C14H11FN2O2. The van der Waals surface area contributed by atoms with E-state index in [9.17, 15) is 9.18 Å². The fourth-order valence-corrected chi connectivity index (χ4v) is 1.78. The second-order valence-electron chi connectivity index (χ2n) is 3.94. The fourth-order valence-electron chi connectivity index (χ4n) is 1.78. The highest BCUT2D eigenvalue weighted by molar-refractivity contribution is 5.89. The van der Waals surface area contributed by atoms with Gasteiger partial charge in [0, 0.05) is 12.7 Å². The zero-order chi connectivity index (χ0) is 13.8. The van der Waals surface area contributed by atoms with Crippen molar-refractivity contribution in [3.05, 3.63) is 59.2 Å². The lowest BCUT2D eigenvalue weighted by Gasteiger charge is -2.07. The third kappa shape index (κ3) is 2.63. The number of nitrogens with zero attached hydrogens (tertiary/aromatic N) is 2. The van der Waals surface area contributed by atoms with Crippen LogP contribution >= 0.6 is 0 Å². The van der Waals surface area contributed by atoms with E-state index in [-0.39, 0.29) is 5.56 Å². The first-order valence-electron chi connectivity index (χ1n) is 5.57. The van der Waals surface area contributed by atoms with E-state index in [1.807, 2.05) is 6.07 Å². The molecule has 1 aromatic carbocycles. The minimum absolute atomic E-state index is 0.0979. The van der Waals surface area contributed by atoms with Gasteiger partial charge in [0.05, 0.1) is 12.7 Å². The predicted octanol–water partition coefficient (Wildman–Crippen LogP) is 2.33. The molecule has 0 N–H and O–H groups in total. The lowest BCUT2D eigenvalue weighted by Crippen LogP contribution is -2.06. The third-order valence-electron chi connectivity index (χ3n) is 2.74. The molecule has 1 aromatic heterocycles. The van der Waals surface area contributed by atoms with Crippen molar-refractivity contribution in [3.8, 4) is 6.07 Å². The molecule has 0 bridgehead atoms. The maximum absolute atomic E-state index is 13.7.